The number of aldehydes is 1. The molecule has 1 rings (SSSR count). The van der Waals surface area contributed by atoms with Crippen molar-refractivity contribution in [3.05, 3.63) is 28.8 Å². The predicted molar refractivity (Wildman–Crippen MR) is 47.8 cm³/mol. The van der Waals surface area contributed by atoms with Crippen LogP contribution in [0.5, 0.6) is 5.75 Å². The number of carbonyl (C=O) groups is 1. The van der Waals surface area contributed by atoms with Crippen LogP contribution in [0.25, 0.3) is 0 Å². The molecule has 1 aromatic carbocycles. The van der Waals surface area contributed by atoms with Gasteiger partial charge in [0.15, 0.2) is 0 Å². The van der Waals surface area contributed by atoms with Crippen molar-refractivity contribution < 1.29 is 9.53 Å². The maximum absolute atomic E-state index is 10.5. The molecule has 0 fully saturated rings. The number of aryl methyl sites for hydroxylation is 1. The van der Waals surface area contributed by atoms with Crippen molar-refractivity contribution in [2.45, 2.75) is 6.92 Å². The van der Waals surface area contributed by atoms with Gasteiger partial charge in [0.1, 0.15) is 18.1 Å². The molecule has 0 aliphatic heterocycles. The standard InChI is InChI=1S/C10H9NO2/c1-7-3-10(13-2)8(5-11)4-9(7)6-12/h3-4,6H,1-2H3. The van der Waals surface area contributed by atoms with Gasteiger partial charge in [-0.3, -0.25) is 4.79 Å². The second kappa shape index (κ2) is 3.72. The van der Waals surface area contributed by atoms with Crippen LogP contribution < -0.4 is 4.74 Å². The molecule has 66 valence electrons. The van der Waals surface area contributed by atoms with Gasteiger partial charge in [-0.1, -0.05) is 0 Å². The number of hydrogen-bond donors (Lipinski definition) is 0. The Labute approximate surface area is 76.6 Å². The summed E-state index contributed by atoms with van der Waals surface area (Å²) in [4.78, 5) is 10.5. The van der Waals surface area contributed by atoms with E-state index < -0.39 is 0 Å². The number of nitrogens with zero attached hydrogens (tertiary/aromatic N) is 1. The van der Waals surface area contributed by atoms with E-state index in [1.807, 2.05) is 6.07 Å². The summed E-state index contributed by atoms with van der Waals surface area (Å²) in [6.07, 6.45) is 0.732. The van der Waals surface area contributed by atoms with Gasteiger partial charge in [-0.25, -0.2) is 0 Å². The van der Waals surface area contributed by atoms with Gasteiger partial charge in [0.05, 0.1) is 12.7 Å². The molecule has 1 aromatic rings. The van der Waals surface area contributed by atoms with E-state index in [2.05, 4.69) is 0 Å². The lowest BCUT2D eigenvalue weighted by Gasteiger charge is -2.05. The van der Waals surface area contributed by atoms with Gasteiger partial charge in [0.25, 0.3) is 0 Å². The molecule has 3 heteroatoms. The summed E-state index contributed by atoms with van der Waals surface area (Å²) in [5.74, 6) is 0.505. The molecule has 0 N–H and O–H groups in total. The van der Waals surface area contributed by atoms with Gasteiger partial charge in [0, 0.05) is 5.56 Å². The average molecular weight is 175 g/mol. The molecule has 0 radical (unpaired) electrons. The largest absolute Gasteiger partial charge is 0.495 e. The minimum atomic E-state index is 0.384. The Balaban J connectivity index is 3.36. The number of nitriles is 1. The number of rotatable bonds is 2. The minimum Gasteiger partial charge on any atom is -0.495 e. The van der Waals surface area contributed by atoms with Crippen molar-refractivity contribution >= 4 is 6.29 Å². The number of hydrogen-bond acceptors (Lipinski definition) is 3. The van der Waals surface area contributed by atoms with Crippen molar-refractivity contribution in [2.75, 3.05) is 7.11 Å². The van der Waals surface area contributed by atoms with Crippen LogP contribution in [-0.2, 0) is 0 Å². The average Bonchev–Trinajstić information content (AvgIpc) is 2.17. The molecule has 0 spiro atoms. The zero-order chi connectivity index (χ0) is 9.84. The van der Waals surface area contributed by atoms with Crippen LogP contribution >= 0.6 is 0 Å². The first kappa shape index (κ1) is 9.27. The van der Waals surface area contributed by atoms with Crippen LogP contribution in [0.2, 0.25) is 0 Å². The van der Waals surface area contributed by atoms with Crippen LogP contribution in [-0.4, -0.2) is 13.4 Å². The highest BCUT2D eigenvalue weighted by Crippen LogP contribution is 2.21. The van der Waals surface area contributed by atoms with E-state index in [0.29, 0.717) is 16.9 Å². The molecule has 0 bridgehead atoms. The van der Waals surface area contributed by atoms with Gasteiger partial charge in [-0.05, 0) is 24.6 Å². The Morgan fingerprint density at radius 2 is 2.23 bits per heavy atom. The minimum absolute atomic E-state index is 0.384. The fraction of sp³-hybridized carbons (Fsp3) is 0.200. The van der Waals surface area contributed by atoms with E-state index in [9.17, 15) is 4.79 Å². The SMILES string of the molecule is COc1cc(C)c(C=O)cc1C#N. The van der Waals surface area contributed by atoms with Crippen LogP contribution in [0.15, 0.2) is 12.1 Å². The van der Waals surface area contributed by atoms with Crippen LogP contribution in [0.4, 0.5) is 0 Å². The Hall–Kier alpha value is -1.82. The third-order valence-electron chi connectivity index (χ3n) is 1.84. The fourth-order valence-electron chi connectivity index (χ4n) is 1.08. The van der Waals surface area contributed by atoms with Crippen LogP contribution in [0.3, 0.4) is 0 Å². The van der Waals surface area contributed by atoms with Crippen molar-refractivity contribution in [3.63, 3.8) is 0 Å². The maximum atomic E-state index is 10.5. The first-order valence-corrected chi connectivity index (χ1v) is 3.77. The van der Waals surface area contributed by atoms with Gasteiger partial charge >= 0.3 is 0 Å². The molecule has 0 heterocycles. The zero-order valence-electron chi connectivity index (χ0n) is 7.50. The molecule has 13 heavy (non-hydrogen) atoms. The van der Waals surface area contributed by atoms with Crippen LogP contribution in [0.1, 0.15) is 21.5 Å². The first-order valence-electron chi connectivity index (χ1n) is 3.77. The van der Waals surface area contributed by atoms with E-state index >= 15 is 0 Å². The smallest absolute Gasteiger partial charge is 0.150 e. The van der Waals surface area contributed by atoms with E-state index in [0.717, 1.165) is 11.8 Å². The number of carbonyl (C=O) groups excluding carboxylic acids is 1. The third kappa shape index (κ3) is 1.67. The molecule has 0 aromatic heterocycles. The summed E-state index contributed by atoms with van der Waals surface area (Å²) in [6, 6.07) is 5.18. The van der Waals surface area contributed by atoms with Gasteiger partial charge < -0.3 is 4.74 Å². The molecule has 0 aliphatic rings. The first-order chi connectivity index (χ1) is 6.22. The number of methoxy groups -OCH3 is 1. The Morgan fingerprint density at radius 1 is 1.54 bits per heavy atom. The second-order valence-corrected chi connectivity index (χ2v) is 2.64. The summed E-state index contributed by atoms with van der Waals surface area (Å²) in [5.41, 5.74) is 1.72. The van der Waals surface area contributed by atoms with E-state index in [1.54, 1.807) is 13.0 Å². The Bertz CT molecular complexity index is 377. The van der Waals surface area contributed by atoms with Crippen molar-refractivity contribution in [1.82, 2.24) is 0 Å². The molecular weight excluding hydrogens is 166 g/mol. The highest BCUT2D eigenvalue weighted by molar-refractivity contribution is 5.78. The zero-order valence-corrected chi connectivity index (χ0v) is 7.50. The van der Waals surface area contributed by atoms with Gasteiger partial charge in [-0.15, -0.1) is 0 Å². The van der Waals surface area contributed by atoms with Crippen molar-refractivity contribution in [3.8, 4) is 11.8 Å². The highest BCUT2D eigenvalue weighted by Gasteiger charge is 2.06. The molecular formula is C10H9NO2. The summed E-state index contributed by atoms with van der Waals surface area (Å²) in [7, 11) is 1.50. The molecule has 0 unspecified atom stereocenters. The quantitative estimate of drug-likeness (QED) is 0.642. The van der Waals surface area contributed by atoms with Gasteiger partial charge in [0.2, 0.25) is 0 Å². The fourth-order valence-corrected chi connectivity index (χ4v) is 1.08. The van der Waals surface area contributed by atoms with Crippen molar-refractivity contribution in [1.29, 1.82) is 5.26 Å². The number of benzene rings is 1. The third-order valence-corrected chi connectivity index (χ3v) is 1.84. The second-order valence-electron chi connectivity index (χ2n) is 2.64. The molecule has 0 amide bonds. The molecule has 0 aliphatic carbocycles. The molecule has 0 atom stereocenters. The normalized spacial score (nSPS) is 9.00. The molecule has 0 saturated carbocycles. The van der Waals surface area contributed by atoms with E-state index in [-0.39, 0.29) is 0 Å². The maximum Gasteiger partial charge on any atom is 0.150 e. The Morgan fingerprint density at radius 3 is 2.69 bits per heavy atom. The lowest BCUT2D eigenvalue weighted by Crippen LogP contribution is -1.93. The molecule has 3 nitrogen and oxygen atoms in total. The summed E-state index contributed by atoms with van der Waals surface area (Å²) < 4.78 is 4.98. The van der Waals surface area contributed by atoms with E-state index in [1.165, 1.54) is 13.2 Å². The lowest BCUT2D eigenvalue weighted by atomic mass is 10.1. The topological polar surface area (TPSA) is 50.1 Å². The van der Waals surface area contributed by atoms with Gasteiger partial charge in [-0.2, -0.15) is 5.26 Å². The van der Waals surface area contributed by atoms with Crippen molar-refractivity contribution in [2.24, 2.45) is 0 Å². The highest BCUT2D eigenvalue weighted by atomic mass is 16.5. The molecule has 0 saturated heterocycles. The lowest BCUT2D eigenvalue weighted by molar-refractivity contribution is 0.112. The predicted octanol–water partition coefficient (Wildman–Crippen LogP) is 1.69. The summed E-state index contributed by atoms with van der Waals surface area (Å²) in [5, 5.41) is 8.71. The van der Waals surface area contributed by atoms with Crippen LogP contribution in [0, 0.1) is 18.3 Å². The van der Waals surface area contributed by atoms with E-state index in [4.69, 9.17) is 10.00 Å². The summed E-state index contributed by atoms with van der Waals surface area (Å²) >= 11 is 0. The Kier molecular flexibility index (Phi) is 2.65. The monoisotopic (exact) mass is 175 g/mol. The summed E-state index contributed by atoms with van der Waals surface area (Å²) in [6.45, 7) is 1.80. The number of ether oxygens (including phenoxy) is 1.